The average molecular weight is 413 g/mol. The number of rotatable bonds is 6. The molecule has 4 rings (SSSR count). The van der Waals surface area contributed by atoms with Crippen LogP contribution in [0.15, 0.2) is 39.7 Å². The van der Waals surface area contributed by atoms with Crippen LogP contribution in [0.4, 0.5) is 4.79 Å². The average Bonchev–Trinajstić information content (AvgIpc) is 3.27. The summed E-state index contributed by atoms with van der Waals surface area (Å²) in [5, 5.41) is 9.70. The van der Waals surface area contributed by atoms with Gasteiger partial charge in [-0.3, -0.25) is 19.3 Å². The highest BCUT2D eigenvalue weighted by atomic mass is 16.3. The first-order chi connectivity index (χ1) is 14.5. The molecule has 4 amide bonds. The smallest absolute Gasteiger partial charge is 0.324 e. The number of carbonyl (C=O) groups excluding carboxylic acids is 3. The van der Waals surface area contributed by atoms with Crippen molar-refractivity contribution in [3.63, 3.8) is 0 Å². The third-order valence-corrected chi connectivity index (χ3v) is 5.49. The van der Waals surface area contributed by atoms with Crippen LogP contribution in [-0.2, 0) is 16.1 Å². The van der Waals surface area contributed by atoms with Gasteiger partial charge in [0.1, 0.15) is 12.2 Å². The van der Waals surface area contributed by atoms with E-state index < -0.39 is 11.9 Å². The molecule has 1 aliphatic heterocycles. The standard InChI is InChI=1S/C20H23N5O5/c26-17(12-24-19(28)13-4-1-2-5-14(13)22-20(24)29)21-9-10-25-18(27)8-7-15(23-25)16-6-3-11-30-16/h3,6-8,11,13-14H,1-2,4-5,9-10,12H2,(H,21,26)(H,22,29). The maximum Gasteiger partial charge on any atom is 0.324 e. The van der Waals surface area contributed by atoms with Gasteiger partial charge in [-0.25, -0.2) is 9.48 Å². The summed E-state index contributed by atoms with van der Waals surface area (Å²) in [7, 11) is 0. The number of carbonyl (C=O) groups is 3. The molecule has 2 atom stereocenters. The lowest BCUT2D eigenvalue weighted by molar-refractivity contribution is -0.139. The summed E-state index contributed by atoms with van der Waals surface area (Å²) in [5.41, 5.74) is 0.192. The first-order valence-electron chi connectivity index (χ1n) is 10.0. The lowest BCUT2D eigenvalue weighted by atomic mass is 9.82. The van der Waals surface area contributed by atoms with Crippen LogP contribution in [0.5, 0.6) is 0 Å². The van der Waals surface area contributed by atoms with Gasteiger partial charge in [0.05, 0.1) is 18.7 Å². The summed E-state index contributed by atoms with van der Waals surface area (Å²) in [6.07, 6.45) is 4.97. The molecule has 2 fully saturated rings. The molecule has 1 aliphatic carbocycles. The molecule has 10 heteroatoms. The lowest BCUT2D eigenvalue weighted by Crippen LogP contribution is -2.62. The van der Waals surface area contributed by atoms with Crippen molar-refractivity contribution in [1.29, 1.82) is 0 Å². The van der Waals surface area contributed by atoms with Crippen molar-refractivity contribution in [1.82, 2.24) is 25.3 Å². The minimum absolute atomic E-state index is 0.127. The molecule has 1 saturated heterocycles. The third kappa shape index (κ3) is 4.12. The van der Waals surface area contributed by atoms with E-state index in [1.165, 1.54) is 17.0 Å². The van der Waals surface area contributed by atoms with Crippen molar-refractivity contribution in [2.75, 3.05) is 13.1 Å². The topological polar surface area (TPSA) is 127 Å². The summed E-state index contributed by atoms with van der Waals surface area (Å²) in [6, 6.07) is 5.75. The van der Waals surface area contributed by atoms with Gasteiger partial charge in [0.15, 0.2) is 5.76 Å². The molecular weight excluding hydrogens is 390 g/mol. The van der Waals surface area contributed by atoms with E-state index in [2.05, 4.69) is 15.7 Å². The summed E-state index contributed by atoms with van der Waals surface area (Å²) < 4.78 is 6.50. The normalized spacial score (nSPS) is 21.1. The first-order valence-corrected chi connectivity index (χ1v) is 10.0. The van der Waals surface area contributed by atoms with Gasteiger partial charge in [-0.15, -0.1) is 0 Å². The van der Waals surface area contributed by atoms with Crippen molar-refractivity contribution >= 4 is 17.8 Å². The molecule has 0 spiro atoms. The molecule has 10 nitrogen and oxygen atoms in total. The summed E-state index contributed by atoms with van der Waals surface area (Å²) in [6.45, 7) is -0.0737. The van der Waals surface area contributed by atoms with Crippen molar-refractivity contribution in [2.45, 2.75) is 38.3 Å². The maximum absolute atomic E-state index is 12.6. The fraction of sp³-hybridized carbons (Fsp3) is 0.450. The summed E-state index contributed by atoms with van der Waals surface area (Å²) in [5.74, 6) is -0.481. The van der Waals surface area contributed by atoms with Crippen molar-refractivity contribution in [3.8, 4) is 11.5 Å². The van der Waals surface area contributed by atoms with Gasteiger partial charge in [-0.2, -0.15) is 5.10 Å². The molecule has 0 radical (unpaired) electrons. The quantitative estimate of drug-likeness (QED) is 0.719. The number of urea groups is 1. The Labute approximate surface area is 172 Å². The van der Waals surface area contributed by atoms with Gasteiger partial charge in [-0.05, 0) is 31.0 Å². The number of nitrogens with one attached hydrogen (secondary N) is 2. The number of aromatic nitrogens is 2. The van der Waals surface area contributed by atoms with Crippen LogP contribution in [0.25, 0.3) is 11.5 Å². The Kier molecular flexibility index (Phi) is 5.64. The van der Waals surface area contributed by atoms with Crippen LogP contribution < -0.4 is 16.2 Å². The molecule has 30 heavy (non-hydrogen) atoms. The number of hydrogen-bond donors (Lipinski definition) is 2. The van der Waals surface area contributed by atoms with E-state index in [0.29, 0.717) is 11.5 Å². The Morgan fingerprint density at radius 1 is 1.20 bits per heavy atom. The predicted molar refractivity (Wildman–Crippen MR) is 105 cm³/mol. The van der Waals surface area contributed by atoms with E-state index in [9.17, 15) is 19.2 Å². The minimum Gasteiger partial charge on any atom is -0.463 e. The Balaban J connectivity index is 1.32. The van der Waals surface area contributed by atoms with Gasteiger partial charge >= 0.3 is 6.03 Å². The number of nitrogens with zero attached hydrogens (tertiary/aromatic N) is 3. The molecular formula is C20H23N5O5. The van der Waals surface area contributed by atoms with Crippen LogP contribution in [0.3, 0.4) is 0 Å². The molecule has 2 aromatic heterocycles. The van der Waals surface area contributed by atoms with Gasteiger partial charge in [-0.1, -0.05) is 12.8 Å². The Hall–Kier alpha value is -3.43. The van der Waals surface area contributed by atoms with Crippen LogP contribution >= 0.6 is 0 Å². The number of fused-ring (bicyclic) bond motifs is 1. The summed E-state index contributed by atoms with van der Waals surface area (Å²) >= 11 is 0. The van der Waals surface area contributed by atoms with E-state index in [4.69, 9.17) is 4.42 Å². The SMILES string of the molecule is O=C(CN1C(=O)NC2CCCCC2C1=O)NCCn1nc(-c2ccco2)ccc1=O. The second-order valence-electron chi connectivity index (χ2n) is 7.48. The van der Waals surface area contributed by atoms with Crippen LogP contribution in [0, 0.1) is 5.92 Å². The van der Waals surface area contributed by atoms with Crippen LogP contribution in [-0.4, -0.2) is 51.7 Å². The van der Waals surface area contributed by atoms with Crippen molar-refractivity contribution in [2.24, 2.45) is 5.92 Å². The van der Waals surface area contributed by atoms with E-state index in [1.54, 1.807) is 18.2 Å². The fourth-order valence-corrected chi connectivity index (χ4v) is 3.95. The molecule has 3 heterocycles. The minimum atomic E-state index is -0.526. The monoisotopic (exact) mass is 413 g/mol. The van der Waals surface area contributed by atoms with Crippen molar-refractivity contribution < 1.29 is 18.8 Å². The second-order valence-corrected chi connectivity index (χ2v) is 7.48. The van der Waals surface area contributed by atoms with Gasteiger partial charge < -0.3 is 15.1 Å². The number of imide groups is 1. The Morgan fingerprint density at radius 3 is 2.83 bits per heavy atom. The number of furan rings is 1. The molecule has 2 aliphatic rings. The van der Waals surface area contributed by atoms with Gasteiger partial charge in [0.25, 0.3) is 5.56 Å². The molecule has 0 aromatic carbocycles. The molecule has 0 bridgehead atoms. The van der Waals surface area contributed by atoms with Crippen LogP contribution in [0.2, 0.25) is 0 Å². The zero-order valence-electron chi connectivity index (χ0n) is 16.4. The fourth-order valence-electron chi connectivity index (χ4n) is 3.95. The zero-order chi connectivity index (χ0) is 21.1. The van der Waals surface area contributed by atoms with Crippen LogP contribution in [0.1, 0.15) is 25.7 Å². The molecule has 1 saturated carbocycles. The Bertz CT molecular complexity index is 999. The van der Waals surface area contributed by atoms with Gasteiger partial charge in [0, 0.05) is 18.7 Å². The summed E-state index contributed by atoms with van der Waals surface area (Å²) in [4.78, 5) is 50.1. The highest BCUT2D eigenvalue weighted by Crippen LogP contribution is 2.29. The molecule has 2 aromatic rings. The molecule has 2 unspecified atom stereocenters. The molecule has 2 N–H and O–H groups in total. The van der Waals surface area contributed by atoms with E-state index in [1.807, 2.05) is 0 Å². The second kappa shape index (κ2) is 8.52. The van der Waals surface area contributed by atoms with Gasteiger partial charge in [0.2, 0.25) is 11.8 Å². The van der Waals surface area contributed by atoms with E-state index in [-0.39, 0.29) is 43.1 Å². The zero-order valence-corrected chi connectivity index (χ0v) is 16.4. The Morgan fingerprint density at radius 2 is 2.03 bits per heavy atom. The molecule has 158 valence electrons. The lowest BCUT2D eigenvalue weighted by Gasteiger charge is -2.39. The third-order valence-electron chi connectivity index (χ3n) is 5.49. The highest BCUT2D eigenvalue weighted by molar-refractivity contribution is 6.01. The number of hydrogen-bond acceptors (Lipinski definition) is 6. The van der Waals surface area contributed by atoms with E-state index in [0.717, 1.165) is 30.6 Å². The van der Waals surface area contributed by atoms with E-state index >= 15 is 0 Å². The highest BCUT2D eigenvalue weighted by Gasteiger charge is 2.42. The van der Waals surface area contributed by atoms with Crippen molar-refractivity contribution in [3.05, 3.63) is 40.9 Å². The predicted octanol–water partition coefficient (Wildman–Crippen LogP) is 0.730. The number of amides is 4. The largest absolute Gasteiger partial charge is 0.463 e. The first kappa shape index (κ1) is 19.9. The maximum atomic E-state index is 12.6.